The van der Waals surface area contributed by atoms with Gasteiger partial charge in [-0.2, -0.15) is 5.10 Å². The molecule has 0 aliphatic rings. The fraction of sp³-hybridized carbons (Fsp3) is 0.321. The Balaban J connectivity index is 1.47. The molecule has 0 unspecified atom stereocenters. The summed E-state index contributed by atoms with van der Waals surface area (Å²) >= 11 is 0. The van der Waals surface area contributed by atoms with Gasteiger partial charge in [0, 0.05) is 0 Å². The van der Waals surface area contributed by atoms with Crippen LogP contribution in [0.3, 0.4) is 0 Å². The highest BCUT2D eigenvalue weighted by Gasteiger charge is 2.27. The Hall–Kier alpha value is -3.87. The van der Waals surface area contributed by atoms with Crippen LogP contribution in [0.1, 0.15) is 62.7 Å². The van der Waals surface area contributed by atoms with Gasteiger partial charge in [-0.1, -0.05) is 58.9 Å². The maximum Gasteiger partial charge on any atom is 0.379 e. The van der Waals surface area contributed by atoms with Gasteiger partial charge in [0.2, 0.25) is 5.76 Å². The van der Waals surface area contributed by atoms with E-state index in [0.717, 1.165) is 6.42 Å². The minimum absolute atomic E-state index is 0.0390. The minimum atomic E-state index is -0.597. The molecule has 0 bridgehead atoms. The number of nitrogens with one attached hydrogen (secondary N) is 1. The lowest BCUT2D eigenvalue weighted by Crippen LogP contribution is -2.25. The molecule has 1 N–H and O–H groups in total. The summed E-state index contributed by atoms with van der Waals surface area (Å²) in [6.45, 7) is 11.0. The van der Waals surface area contributed by atoms with Crippen molar-refractivity contribution < 1.29 is 23.5 Å². The summed E-state index contributed by atoms with van der Waals surface area (Å²) in [5, 5.41) is 3.94. The number of carbonyl (C=O) groups excluding carboxylic acids is 2. The van der Waals surface area contributed by atoms with Gasteiger partial charge in [0.15, 0.2) is 6.61 Å². The maximum atomic E-state index is 12.1. The van der Waals surface area contributed by atoms with Crippen LogP contribution in [0.4, 0.5) is 0 Å². The van der Waals surface area contributed by atoms with E-state index in [-0.39, 0.29) is 23.2 Å². The van der Waals surface area contributed by atoms with Gasteiger partial charge in [-0.05, 0) is 64.8 Å². The molecule has 1 amide bonds. The largest absolute Gasteiger partial charge is 0.484 e. The third-order valence-corrected chi connectivity index (χ3v) is 5.17. The van der Waals surface area contributed by atoms with Gasteiger partial charge in [0.05, 0.1) is 12.5 Å². The Labute approximate surface area is 206 Å². The van der Waals surface area contributed by atoms with Gasteiger partial charge in [0.1, 0.15) is 11.5 Å². The first-order chi connectivity index (χ1) is 16.5. The van der Waals surface area contributed by atoms with E-state index in [1.54, 1.807) is 30.3 Å². The van der Waals surface area contributed by atoms with Crippen LogP contribution in [-0.2, 0) is 10.2 Å². The van der Waals surface area contributed by atoms with Gasteiger partial charge in [0.25, 0.3) is 5.91 Å². The summed E-state index contributed by atoms with van der Waals surface area (Å²) in [5.74, 6) is 0.0726. The molecule has 0 aliphatic carbocycles. The van der Waals surface area contributed by atoms with Crippen LogP contribution in [0.25, 0.3) is 0 Å². The van der Waals surface area contributed by atoms with Crippen LogP contribution in [-0.4, -0.2) is 24.7 Å². The Bertz CT molecular complexity index is 1160. The van der Waals surface area contributed by atoms with Crippen molar-refractivity contribution in [3.05, 3.63) is 83.8 Å². The molecule has 0 spiro atoms. The zero-order chi connectivity index (χ0) is 25.5. The number of ether oxygens (including phenoxy) is 2. The number of amides is 1. The molecule has 0 radical (unpaired) electrons. The van der Waals surface area contributed by atoms with E-state index in [2.05, 4.69) is 45.1 Å². The Kier molecular flexibility index (Phi) is 8.12. The third kappa shape index (κ3) is 8.14. The van der Waals surface area contributed by atoms with Gasteiger partial charge in [-0.3, -0.25) is 4.79 Å². The first kappa shape index (κ1) is 25.7. The molecule has 3 aromatic rings. The van der Waals surface area contributed by atoms with Crippen LogP contribution in [0.5, 0.6) is 11.5 Å². The molecular weight excluding hydrogens is 444 g/mol. The van der Waals surface area contributed by atoms with Crippen molar-refractivity contribution in [1.82, 2.24) is 5.43 Å². The predicted molar refractivity (Wildman–Crippen MR) is 135 cm³/mol. The number of carbonyl (C=O) groups is 2. The average Bonchev–Trinajstić information content (AvgIpc) is 3.32. The summed E-state index contributed by atoms with van der Waals surface area (Å²) in [6.07, 6.45) is 3.90. The third-order valence-electron chi connectivity index (χ3n) is 5.17. The van der Waals surface area contributed by atoms with E-state index in [1.807, 2.05) is 24.3 Å². The second-order valence-electron chi connectivity index (χ2n) is 10.2. The number of hydrazone groups is 1. The molecule has 0 fully saturated rings. The van der Waals surface area contributed by atoms with Gasteiger partial charge in [-0.25, -0.2) is 10.2 Å². The lowest BCUT2D eigenvalue weighted by atomic mass is 9.72. The standard InChI is InChI=1S/C28H32N2O5/c1-27(2,3)19-28(4,5)21-11-13-22(14-12-21)34-18-25(31)30-29-17-20-8-6-9-23(16-20)35-26(32)24-10-7-15-33-24/h6-17H,18-19H2,1-5H3,(H,30,31)/b29-17+. The molecule has 2 aromatic carbocycles. The number of benzene rings is 2. The lowest BCUT2D eigenvalue weighted by Gasteiger charge is -2.33. The van der Waals surface area contributed by atoms with Crippen molar-refractivity contribution in [2.45, 2.75) is 46.5 Å². The molecule has 0 atom stereocenters. The van der Waals surface area contributed by atoms with E-state index >= 15 is 0 Å². The van der Waals surface area contributed by atoms with E-state index in [0.29, 0.717) is 17.1 Å². The monoisotopic (exact) mass is 476 g/mol. The number of esters is 1. The van der Waals surface area contributed by atoms with Crippen molar-refractivity contribution in [3.8, 4) is 11.5 Å². The fourth-order valence-corrected chi connectivity index (χ4v) is 4.00. The zero-order valence-electron chi connectivity index (χ0n) is 20.8. The van der Waals surface area contributed by atoms with E-state index in [1.165, 1.54) is 24.1 Å². The summed E-state index contributed by atoms with van der Waals surface area (Å²) in [5.41, 5.74) is 4.56. The first-order valence-electron chi connectivity index (χ1n) is 11.4. The second-order valence-corrected chi connectivity index (χ2v) is 10.2. The smallest absolute Gasteiger partial charge is 0.379 e. The highest BCUT2D eigenvalue weighted by molar-refractivity contribution is 5.88. The average molecular weight is 477 g/mol. The van der Waals surface area contributed by atoms with Crippen molar-refractivity contribution >= 4 is 18.1 Å². The summed E-state index contributed by atoms with van der Waals surface area (Å²) in [7, 11) is 0. The molecular formula is C28H32N2O5. The fourth-order valence-electron chi connectivity index (χ4n) is 4.00. The normalized spacial score (nSPS) is 11.9. The number of hydrogen-bond acceptors (Lipinski definition) is 6. The van der Waals surface area contributed by atoms with Crippen molar-refractivity contribution in [1.29, 1.82) is 0 Å². The van der Waals surface area contributed by atoms with E-state index in [9.17, 15) is 9.59 Å². The summed E-state index contributed by atoms with van der Waals surface area (Å²) in [6, 6.07) is 17.7. The van der Waals surface area contributed by atoms with Gasteiger partial charge < -0.3 is 13.9 Å². The van der Waals surface area contributed by atoms with Crippen molar-refractivity contribution in [2.24, 2.45) is 10.5 Å². The molecule has 1 heterocycles. The topological polar surface area (TPSA) is 90.1 Å². The Morgan fingerprint density at radius 3 is 2.37 bits per heavy atom. The zero-order valence-corrected chi connectivity index (χ0v) is 20.8. The summed E-state index contributed by atoms with van der Waals surface area (Å²) in [4.78, 5) is 24.1. The highest BCUT2D eigenvalue weighted by Crippen LogP contribution is 2.36. The van der Waals surface area contributed by atoms with E-state index < -0.39 is 11.9 Å². The molecule has 7 heteroatoms. The molecule has 184 valence electrons. The van der Waals surface area contributed by atoms with Crippen molar-refractivity contribution in [3.63, 3.8) is 0 Å². The molecule has 0 saturated carbocycles. The SMILES string of the molecule is CC(C)(C)CC(C)(C)c1ccc(OCC(=O)N/N=C/c2cccc(OC(=O)c3ccco3)c2)cc1. The minimum Gasteiger partial charge on any atom is -0.484 e. The Morgan fingerprint density at radius 1 is 0.971 bits per heavy atom. The molecule has 1 aromatic heterocycles. The number of furan rings is 1. The molecule has 7 nitrogen and oxygen atoms in total. The lowest BCUT2D eigenvalue weighted by molar-refractivity contribution is -0.123. The molecule has 3 rings (SSSR count). The highest BCUT2D eigenvalue weighted by atomic mass is 16.5. The maximum absolute atomic E-state index is 12.1. The summed E-state index contributed by atoms with van der Waals surface area (Å²) < 4.78 is 15.9. The quantitative estimate of drug-likeness (QED) is 0.184. The van der Waals surface area contributed by atoms with E-state index in [4.69, 9.17) is 13.9 Å². The first-order valence-corrected chi connectivity index (χ1v) is 11.4. The predicted octanol–water partition coefficient (Wildman–Crippen LogP) is 5.74. The number of hydrogen-bond donors (Lipinski definition) is 1. The molecule has 35 heavy (non-hydrogen) atoms. The molecule has 0 aliphatic heterocycles. The van der Waals surface area contributed by atoms with Crippen LogP contribution in [0.15, 0.2) is 76.4 Å². The van der Waals surface area contributed by atoms with Crippen LogP contribution in [0, 0.1) is 5.41 Å². The van der Waals surface area contributed by atoms with Gasteiger partial charge in [-0.15, -0.1) is 0 Å². The van der Waals surface area contributed by atoms with Crippen LogP contribution >= 0.6 is 0 Å². The molecule has 0 saturated heterocycles. The Morgan fingerprint density at radius 2 is 1.71 bits per heavy atom. The number of rotatable bonds is 9. The van der Waals surface area contributed by atoms with Crippen LogP contribution < -0.4 is 14.9 Å². The number of nitrogens with zero attached hydrogens (tertiary/aromatic N) is 1. The van der Waals surface area contributed by atoms with Gasteiger partial charge >= 0.3 is 5.97 Å². The van der Waals surface area contributed by atoms with Crippen LogP contribution in [0.2, 0.25) is 0 Å². The second kappa shape index (κ2) is 11.0. The van der Waals surface area contributed by atoms with Crippen molar-refractivity contribution in [2.75, 3.05) is 6.61 Å².